The van der Waals surface area contributed by atoms with E-state index in [9.17, 15) is 4.79 Å². The van der Waals surface area contributed by atoms with Crippen LogP contribution in [-0.2, 0) is 0 Å². The average Bonchev–Trinajstić information content (AvgIpc) is 2.68. The molecule has 3 nitrogen and oxygen atoms in total. The monoisotopic (exact) mass is 242 g/mol. The first-order chi connectivity index (χ1) is 8.50. The number of carbonyl (C=O) groups is 1. The first-order valence-electron chi connectivity index (χ1n) is 5.98. The third-order valence-corrected chi connectivity index (χ3v) is 3.05. The Morgan fingerprint density at radius 1 is 0.944 bits per heavy atom. The molecule has 0 radical (unpaired) electrons. The van der Waals surface area contributed by atoms with Crippen molar-refractivity contribution in [3.05, 3.63) is 53.3 Å². The van der Waals surface area contributed by atoms with Crippen molar-refractivity contribution in [3.63, 3.8) is 0 Å². The SMILES string of the molecule is Cc1ccc(C)n1-c1ccc(C(=O)N(C)C)cc1. The summed E-state index contributed by atoms with van der Waals surface area (Å²) in [6, 6.07) is 11.9. The van der Waals surface area contributed by atoms with Gasteiger partial charge in [-0.25, -0.2) is 0 Å². The third kappa shape index (κ3) is 2.16. The van der Waals surface area contributed by atoms with Gasteiger partial charge in [0.15, 0.2) is 0 Å². The molecule has 1 aromatic carbocycles. The highest BCUT2D eigenvalue weighted by Crippen LogP contribution is 2.17. The van der Waals surface area contributed by atoms with E-state index in [0.717, 1.165) is 5.69 Å². The molecule has 0 aliphatic carbocycles. The van der Waals surface area contributed by atoms with Crippen LogP contribution in [0.15, 0.2) is 36.4 Å². The van der Waals surface area contributed by atoms with Gasteiger partial charge in [0, 0.05) is 36.7 Å². The molecule has 0 aliphatic rings. The summed E-state index contributed by atoms with van der Waals surface area (Å²) in [5, 5.41) is 0. The predicted octanol–water partition coefficient (Wildman–Crippen LogP) is 2.80. The maximum Gasteiger partial charge on any atom is 0.253 e. The summed E-state index contributed by atoms with van der Waals surface area (Å²) in [4.78, 5) is 13.4. The zero-order valence-electron chi connectivity index (χ0n) is 11.3. The summed E-state index contributed by atoms with van der Waals surface area (Å²) in [5.41, 5.74) is 4.19. The van der Waals surface area contributed by atoms with Gasteiger partial charge in [0.25, 0.3) is 5.91 Å². The van der Waals surface area contributed by atoms with Crippen LogP contribution in [0.1, 0.15) is 21.7 Å². The molecule has 1 amide bonds. The minimum absolute atomic E-state index is 0.0301. The maximum absolute atomic E-state index is 11.8. The lowest BCUT2D eigenvalue weighted by Gasteiger charge is -2.12. The number of aryl methyl sites for hydroxylation is 2. The Morgan fingerprint density at radius 2 is 1.44 bits per heavy atom. The van der Waals surface area contributed by atoms with E-state index in [1.807, 2.05) is 24.3 Å². The van der Waals surface area contributed by atoms with Crippen molar-refractivity contribution in [1.82, 2.24) is 9.47 Å². The lowest BCUT2D eigenvalue weighted by atomic mass is 10.2. The standard InChI is InChI=1S/C15H18N2O/c1-11-5-6-12(2)17(11)14-9-7-13(8-10-14)15(18)16(3)4/h5-10H,1-4H3. The van der Waals surface area contributed by atoms with Crippen LogP contribution in [0.2, 0.25) is 0 Å². The highest BCUT2D eigenvalue weighted by atomic mass is 16.2. The molecule has 1 heterocycles. The molecule has 94 valence electrons. The number of rotatable bonds is 2. The Hall–Kier alpha value is -2.03. The lowest BCUT2D eigenvalue weighted by Crippen LogP contribution is -2.21. The van der Waals surface area contributed by atoms with Crippen LogP contribution in [0.5, 0.6) is 0 Å². The van der Waals surface area contributed by atoms with Crippen LogP contribution < -0.4 is 0 Å². The van der Waals surface area contributed by atoms with E-state index in [-0.39, 0.29) is 5.91 Å². The molecule has 18 heavy (non-hydrogen) atoms. The first-order valence-corrected chi connectivity index (χ1v) is 5.98. The van der Waals surface area contributed by atoms with Crippen molar-refractivity contribution >= 4 is 5.91 Å². The molecule has 0 bridgehead atoms. The van der Waals surface area contributed by atoms with E-state index in [4.69, 9.17) is 0 Å². The fourth-order valence-electron chi connectivity index (χ4n) is 2.09. The molecule has 0 spiro atoms. The molecule has 1 aromatic heterocycles. The van der Waals surface area contributed by atoms with Gasteiger partial charge in [-0.2, -0.15) is 0 Å². The van der Waals surface area contributed by atoms with E-state index in [1.165, 1.54) is 11.4 Å². The van der Waals surface area contributed by atoms with Crippen LogP contribution in [0.25, 0.3) is 5.69 Å². The largest absolute Gasteiger partial charge is 0.345 e. The van der Waals surface area contributed by atoms with Crippen molar-refractivity contribution in [2.24, 2.45) is 0 Å². The summed E-state index contributed by atoms with van der Waals surface area (Å²) >= 11 is 0. The summed E-state index contributed by atoms with van der Waals surface area (Å²) in [5.74, 6) is 0.0301. The van der Waals surface area contributed by atoms with Gasteiger partial charge in [0.1, 0.15) is 0 Å². The Labute approximate surface area is 108 Å². The van der Waals surface area contributed by atoms with Crippen LogP contribution in [0.3, 0.4) is 0 Å². The third-order valence-electron chi connectivity index (χ3n) is 3.05. The van der Waals surface area contributed by atoms with Crippen molar-refractivity contribution in [3.8, 4) is 5.69 Å². The smallest absolute Gasteiger partial charge is 0.253 e. The fraction of sp³-hybridized carbons (Fsp3) is 0.267. The molecule has 0 saturated heterocycles. The predicted molar refractivity (Wildman–Crippen MR) is 73.3 cm³/mol. The average molecular weight is 242 g/mol. The molecule has 2 rings (SSSR count). The summed E-state index contributed by atoms with van der Waals surface area (Å²) in [6.45, 7) is 4.15. The molecule has 0 unspecified atom stereocenters. The summed E-state index contributed by atoms with van der Waals surface area (Å²) in [7, 11) is 3.52. The summed E-state index contributed by atoms with van der Waals surface area (Å²) in [6.07, 6.45) is 0. The van der Waals surface area contributed by atoms with E-state index in [2.05, 4.69) is 30.5 Å². The second-order valence-electron chi connectivity index (χ2n) is 4.70. The Kier molecular flexibility index (Phi) is 3.24. The van der Waals surface area contributed by atoms with Crippen LogP contribution in [0, 0.1) is 13.8 Å². The van der Waals surface area contributed by atoms with Crippen molar-refractivity contribution in [2.45, 2.75) is 13.8 Å². The van der Waals surface area contributed by atoms with Crippen LogP contribution in [-0.4, -0.2) is 29.5 Å². The van der Waals surface area contributed by atoms with E-state index < -0.39 is 0 Å². The minimum Gasteiger partial charge on any atom is -0.345 e. The molecule has 0 saturated carbocycles. The molecular weight excluding hydrogens is 224 g/mol. The highest BCUT2D eigenvalue weighted by Gasteiger charge is 2.08. The normalized spacial score (nSPS) is 10.4. The van der Waals surface area contributed by atoms with E-state index in [0.29, 0.717) is 5.56 Å². The molecular formula is C15H18N2O. The van der Waals surface area contributed by atoms with Crippen molar-refractivity contribution < 1.29 is 4.79 Å². The van der Waals surface area contributed by atoms with Crippen LogP contribution >= 0.6 is 0 Å². The van der Waals surface area contributed by atoms with Gasteiger partial charge < -0.3 is 9.47 Å². The Balaban J connectivity index is 2.37. The minimum atomic E-state index is 0.0301. The molecule has 0 atom stereocenters. The van der Waals surface area contributed by atoms with Gasteiger partial charge in [0.2, 0.25) is 0 Å². The molecule has 3 heteroatoms. The molecule has 0 fully saturated rings. The number of nitrogens with zero attached hydrogens (tertiary/aromatic N) is 2. The number of amides is 1. The first kappa shape index (κ1) is 12.4. The second kappa shape index (κ2) is 4.69. The zero-order chi connectivity index (χ0) is 13.3. The van der Waals surface area contributed by atoms with Gasteiger partial charge in [0.05, 0.1) is 0 Å². The summed E-state index contributed by atoms with van der Waals surface area (Å²) < 4.78 is 2.17. The van der Waals surface area contributed by atoms with E-state index >= 15 is 0 Å². The lowest BCUT2D eigenvalue weighted by molar-refractivity contribution is 0.0827. The van der Waals surface area contributed by atoms with Crippen molar-refractivity contribution in [1.29, 1.82) is 0 Å². The molecule has 2 aromatic rings. The molecule has 0 aliphatic heterocycles. The number of hydrogen-bond acceptors (Lipinski definition) is 1. The zero-order valence-corrected chi connectivity index (χ0v) is 11.3. The maximum atomic E-state index is 11.8. The number of hydrogen-bond donors (Lipinski definition) is 0. The quantitative estimate of drug-likeness (QED) is 0.795. The Bertz CT molecular complexity index is 545. The number of carbonyl (C=O) groups excluding carboxylic acids is 1. The van der Waals surface area contributed by atoms with Gasteiger partial charge in [-0.15, -0.1) is 0 Å². The topological polar surface area (TPSA) is 25.2 Å². The molecule has 0 N–H and O–H groups in total. The number of benzene rings is 1. The van der Waals surface area contributed by atoms with E-state index in [1.54, 1.807) is 19.0 Å². The van der Waals surface area contributed by atoms with Crippen LogP contribution in [0.4, 0.5) is 0 Å². The number of aromatic nitrogens is 1. The van der Waals surface area contributed by atoms with Crippen molar-refractivity contribution in [2.75, 3.05) is 14.1 Å². The second-order valence-corrected chi connectivity index (χ2v) is 4.70. The van der Waals surface area contributed by atoms with Gasteiger partial charge in [-0.3, -0.25) is 4.79 Å². The fourth-order valence-corrected chi connectivity index (χ4v) is 2.09. The van der Waals surface area contributed by atoms with Gasteiger partial charge in [-0.05, 0) is 50.2 Å². The van der Waals surface area contributed by atoms with Gasteiger partial charge >= 0.3 is 0 Å². The van der Waals surface area contributed by atoms with Gasteiger partial charge in [-0.1, -0.05) is 0 Å². The highest BCUT2D eigenvalue weighted by molar-refractivity contribution is 5.94. The Morgan fingerprint density at radius 3 is 1.89 bits per heavy atom.